The van der Waals surface area contributed by atoms with Gasteiger partial charge in [-0.15, -0.1) is 0 Å². The lowest BCUT2D eigenvalue weighted by molar-refractivity contribution is 1.19. The van der Waals surface area contributed by atoms with Crippen LogP contribution < -0.4 is 5.32 Å². The first-order valence-corrected chi connectivity index (χ1v) is 8.50. The molecule has 0 aliphatic carbocycles. The van der Waals surface area contributed by atoms with Gasteiger partial charge in [0.25, 0.3) is 0 Å². The molecule has 1 N–H and O–H groups in total. The molecule has 0 amide bonds. The molecule has 26 heavy (non-hydrogen) atoms. The van der Waals surface area contributed by atoms with E-state index in [9.17, 15) is 0 Å². The largest absolute Gasteiger partial charge is 0.373 e. The van der Waals surface area contributed by atoms with E-state index in [0.29, 0.717) is 5.82 Å². The van der Waals surface area contributed by atoms with Crippen LogP contribution in [0.25, 0.3) is 33.4 Å². The van der Waals surface area contributed by atoms with Crippen molar-refractivity contribution in [3.05, 3.63) is 66.2 Å². The Hall–Kier alpha value is -3.34. The average Bonchev–Trinajstić information content (AvgIpc) is 2.68. The monoisotopic (exact) mass is 341 g/mol. The Morgan fingerprint density at radius 2 is 1.81 bits per heavy atom. The molecule has 3 heterocycles. The topological polar surface area (TPSA) is 63.6 Å². The van der Waals surface area contributed by atoms with Crippen LogP contribution in [0.3, 0.4) is 0 Å². The summed E-state index contributed by atoms with van der Waals surface area (Å²) in [6.45, 7) is 4.11. The van der Waals surface area contributed by atoms with Crippen LogP contribution in [-0.2, 0) is 0 Å². The molecule has 5 nitrogen and oxygen atoms in total. The molecule has 0 bridgehead atoms. The molecule has 0 spiro atoms. The van der Waals surface area contributed by atoms with Crippen molar-refractivity contribution in [1.29, 1.82) is 0 Å². The van der Waals surface area contributed by atoms with Crippen LogP contribution in [0.2, 0.25) is 0 Å². The lowest BCUT2D eigenvalue weighted by Crippen LogP contribution is -2.01. The van der Waals surface area contributed by atoms with Crippen molar-refractivity contribution in [2.24, 2.45) is 0 Å². The van der Waals surface area contributed by atoms with Crippen molar-refractivity contribution in [3.8, 4) is 22.5 Å². The highest BCUT2D eigenvalue weighted by Gasteiger charge is 2.13. The van der Waals surface area contributed by atoms with E-state index >= 15 is 0 Å². The summed E-state index contributed by atoms with van der Waals surface area (Å²) >= 11 is 0. The predicted molar refractivity (Wildman–Crippen MR) is 105 cm³/mol. The molecule has 3 aromatic heterocycles. The number of anilines is 1. The Morgan fingerprint density at radius 1 is 0.923 bits per heavy atom. The van der Waals surface area contributed by atoms with E-state index in [2.05, 4.69) is 45.4 Å². The molecular weight excluding hydrogens is 322 g/mol. The van der Waals surface area contributed by atoms with Crippen molar-refractivity contribution in [2.75, 3.05) is 12.4 Å². The van der Waals surface area contributed by atoms with Crippen molar-refractivity contribution in [2.45, 2.75) is 13.8 Å². The summed E-state index contributed by atoms with van der Waals surface area (Å²) in [7, 11) is 1.88. The van der Waals surface area contributed by atoms with E-state index in [1.54, 1.807) is 12.4 Å². The summed E-state index contributed by atoms with van der Waals surface area (Å²) in [4.78, 5) is 18.0. The standard InChI is InChI=1S/C21H19N5/c1-13-11-15(8-10-24-13)17-6-7-18-19(14(17)2)25-20(26-21(18)22-3)16-5-4-9-23-12-16/h4-12H,1-3H3,(H,22,25,26). The third kappa shape index (κ3) is 2.77. The van der Waals surface area contributed by atoms with Crippen molar-refractivity contribution < 1.29 is 0 Å². The Balaban J connectivity index is 1.98. The van der Waals surface area contributed by atoms with Gasteiger partial charge in [-0.2, -0.15) is 0 Å². The van der Waals surface area contributed by atoms with Crippen LogP contribution in [-0.4, -0.2) is 27.0 Å². The number of hydrogen-bond acceptors (Lipinski definition) is 5. The third-order valence-corrected chi connectivity index (χ3v) is 4.49. The van der Waals surface area contributed by atoms with Gasteiger partial charge in [0.2, 0.25) is 0 Å². The number of aromatic nitrogens is 4. The van der Waals surface area contributed by atoms with Crippen LogP contribution >= 0.6 is 0 Å². The fourth-order valence-electron chi connectivity index (χ4n) is 3.17. The van der Waals surface area contributed by atoms with Gasteiger partial charge in [0.05, 0.1) is 5.52 Å². The van der Waals surface area contributed by atoms with Crippen LogP contribution in [0.1, 0.15) is 11.3 Å². The van der Waals surface area contributed by atoms with Crippen molar-refractivity contribution in [1.82, 2.24) is 19.9 Å². The second-order valence-electron chi connectivity index (χ2n) is 6.21. The van der Waals surface area contributed by atoms with Crippen LogP contribution in [0.5, 0.6) is 0 Å². The van der Waals surface area contributed by atoms with Crippen LogP contribution in [0.4, 0.5) is 5.82 Å². The lowest BCUT2D eigenvalue weighted by Gasteiger charge is -2.13. The first-order chi connectivity index (χ1) is 12.7. The molecular formula is C21H19N5. The molecule has 0 saturated heterocycles. The summed E-state index contributed by atoms with van der Waals surface area (Å²) in [5.41, 5.74) is 6.25. The molecule has 4 rings (SSSR count). The second-order valence-corrected chi connectivity index (χ2v) is 6.21. The summed E-state index contributed by atoms with van der Waals surface area (Å²) in [6.07, 6.45) is 5.37. The lowest BCUT2D eigenvalue weighted by atomic mass is 9.98. The number of hydrogen-bond donors (Lipinski definition) is 1. The Kier molecular flexibility index (Phi) is 4.05. The number of aryl methyl sites for hydroxylation is 2. The highest BCUT2D eigenvalue weighted by molar-refractivity contribution is 5.96. The van der Waals surface area contributed by atoms with E-state index in [1.165, 1.54) is 0 Å². The highest BCUT2D eigenvalue weighted by atomic mass is 15.0. The van der Waals surface area contributed by atoms with E-state index < -0.39 is 0 Å². The molecule has 5 heteroatoms. The van der Waals surface area contributed by atoms with Gasteiger partial charge in [0.1, 0.15) is 5.82 Å². The molecule has 128 valence electrons. The van der Waals surface area contributed by atoms with E-state index in [0.717, 1.165) is 44.7 Å². The first-order valence-electron chi connectivity index (χ1n) is 8.50. The van der Waals surface area contributed by atoms with Crippen molar-refractivity contribution >= 4 is 16.7 Å². The predicted octanol–water partition coefficient (Wildman–Crippen LogP) is 4.41. The van der Waals surface area contributed by atoms with E-state index in [1.807, 2.05) is 38.4 Å². The van der Waals surface area contributed by atoms with Gasteiger partial charge < -0.3 is 5.32 Å². The van der Waals surface area contributed by atoms with Gasteiger partial charge in [-0.05, 0) is 60.9 Å². The summed E-state index contributed by atoms with van der Waals surface area (Å²) in [5.74, 6) is 1.48. The van der Waals surface area contributed by atoms with Gasteiger partial charge >= 0.3 is 0 Å². The molecule has 0 saturated carbocycles. The highest BCUT2D eigenvalue weighted by Crippen LogP contribution is 2.32. The summed E-state index contributed by atoms with van der Waals surface area (Å²) in [6, 6.07) is 12.2. The van der Waals surface area contributed by atoms with Crippen molar-refractivity contribution in [3.63, 3.8) is 0 Å². The van der Waals surface area contributed by atoms with Crippen LogP contribution in [0, 0.1) is 13.8 Å². The number of nitrogens with one attached hydrogen (secondary N) is 1. The molecule has 0 radical (unpaired) electrons. The SMILES string of the molecule is CNc1nc(-c2cccnc2)nc2c(C)c(-c3ccnc(C)c3)ccc12. The van der Waals surface area contributed by atoms with Gasteiger partial charge in [-0.25, -0.2) is 9.97 Å². The maximum Gasteiger partial charge on any atom is 0.163 e. The number of pyridine rings is 2. The smallest absolute Gasteiger partial charge is 0.163 e. The normalized spacial score (nSPS) is 10.9. The molecule has 0 fully saturated rings. The number of rotatable bonds is 3. The Bertz CT molecular complexity index is 1090. The number of nitrogens with zero attached hydrogens (tertiary/aromatic N) is 4. The molecule has 0 atom stereocenters. The minimum atomic E-state index is 0.668. The van der Waals surface area contributed by atoms with Gasteiger partial charge in [-0.3, -0.25) is 9.97 Å². The Morgan fingerprint density at radius 3 is 2.54 bits per heavy atom. The zero-order valence-electron chi connectivity index (χ0n) is 15.0. The maximum absolute atomic E-state index is 4.86. The number of fused-ring (bicyclic) bond motifs is 1. The molecule has 1 aromatic carbocycles. The summed E-state index contributed by atoms with van der Waals surface area (Å²) in [5, 5.41) is 4.20. The molecule has 4 aromatic rings. The van der Waals surface area contributed by atoms with E-state index in [4.69, 9.17) is 4.98 Å². The third-order valence-electron chi connectivity index (χ3n) is 4.49. The van der Waals surface area contributed by atoms with Gasteiger partial charge in [0.15, 0.2) is 5.82 Å². The number of benzene rings is 1. The van der Waals surface area contributed by atoms with E-state index in [-0.39, 0.29) is 0 Å². The fourth-order valence-corrected chi connectivity index (χ4v) is 3.17. The first kappa shape index (κ1) is 16.1. The average molecular weight is 341 g/mol. The minimum absolute atomic E-state index is 0.668. The van der Waals surface area contributed by atoms with Gasteiger partial charge in [0, 0.05) is 42.3 Å². The van der Waals surface area contributed by atoms with Crippen LogP contribution in [0.15, 0.2) is 55.0 Å². The molecule has 0 unspecified atom stereocenters. The zero-order chi connectivity index (χ0) is 18.1. The zero-order valence-corrected chi connectivity index (χ0v) is 15.0. The quantitative estimate of drug-likeness (QED) is 0.598. The molecule has 0 aliphatic heterocycles. The van der Waals surface area contributed by atoms with Gasteiger partial charge in [-0.1, -0.05) is 6.07 Å². The molecule has 0 aliphatic rings. The Labute approximate surface area is 152 Å². The fraction of sp³-hybridized carbons (Fsp3) is 0.143. The minimum Gasteiger partial charge on any atom is -0.373 e. The second kappa shape index (κ2) is 6.52. The summed E-state index contributed by atoms with van der Waals surface area (Å²) < 4.78 is 0. The maximum atomic E-state index is 4.86.